The van der Waals surface area contributed by atoms with Gasteiger partial charge in [0.2, 0.25) is 5.95 Å². The highest BCUT2D eigenvalue weighted by Gasteiger charge is 2.51. The van der Waals surface area contributed by atoms with Crippen molar-refractivity contribution in [1.29, 1.82) is 0 Å². The first-order valence-corrected chi connectivity index (χ1v) is 45.6. The Morgan fingerprint density at radius 3 is 1.30 bits per heavy atom. The van der Waals surface area contributed by atoms with Crippen LogP contribution in [0, 0.1) is 0 Å². The lowest BCUT2D eigenvalue weighted by Crippen LogP contribution is -2.31. The predicted molar refractivity (Wildman–Crippen MR) is 543 cm³/mol. The largest absolute Gasteiger partial charge is 0.311 e. The second-order valence-corrected chi connectivity index (χ2v) is 35.2. The van der Waals surface area contributed by atoms with Crippen molar-refractivity contribution in [2.75, 3.05) is 0 Å². The number of fused-ring (bicyclic) bond motifs is 16. The average molecular weight is 1710 g/mol. The zero-order valence-corrected chi connectivity index (χ0v) is 73.1. The van der Waals surface area contributed by atoms with Crippen molar-refractivity contribution in [1.82, 2.24) is 48.6 Å². The number of hydrogen-bond acceptors (Lipinski definition) is 8. The predicted octanol–water partition coefficient (Wildman–Crippen LogP) is 30.2. The maximum absolute atomic E-state index is 5.22. The molecule has 0 N–H and O–H groups in total. The van der Waals surface area contributed by atoms with Crippen LogP contribution in [-0.4, -0.2) is 48.6 Å². The van der Waals surface area contributed by atoms with Gasteiger partial charge in [-0.05, 0) is 153 Å². The van der Waals surface area contributed by atoms with Crippen LogP contribution in [0.25, 0.3) is 194 Å². The standard InChI is InChI=1S/C54H36N4.C36H23N3S.C31H23N3/c1-6-18-37(19-7-1)38-30-33-44(34-31-38)58-48-29-17-16-28-46(48)49-45-35-32-41(36-47(45)54(50(49)58,42-24-12-4-13-25-42)43-26-14-5-15-27-43)53-56-51(39-20-8-2-9-21-39)55-52(57-53)40-22-10-3-11-23-40;1-2-10-24(11-3-1)25-16-17-33-30(23-25)35-29-12-4-5-15-34(29)40-36(35)39(33)28-21-26(31-13-6-8-18-37-31)20-27(22-28)32-14-7-9-19-38-32;1-31(2)24-17-9-6-14-21(24)27-23-16-8-11-19-26(23)34(29(27)31)30-32-25-18-10-7-15-22(25)28(33-30)20-12-4-3-5-13-20/h1-36H;1-23H;3-19H,1-2H3. The van der Waals surface area contributed by atoms with Crippen molar-refractivity contribution < 1.29 is 0 Å². The molecule has 11 heteroatoms. The molecule has 0 atom stereocenters. The van der Waals surface area contributed by atoms with Gasteiger partial charge in [-0.25, -0.2) is 24.9 Å². The molecule has 0 amide bonds. The Balaban J connectivity index is 0.000000114. The molecule has 16 aromatic carbocycles. The summed E-state index contributed by atoms with van der Waals surface area (Å²) in [6.07, 6.45) is 3.70. The fourth-order valence-corrected chi connectivity index (χ4v) is 21.6. The van der Waals surface area contributed by atoms with Gasteiger partial charge in [0.1, 0.15) is 4.83 Å². The van der Waals surface area contributed by atoms with E-state index >= 15 is 0 Å². The zero-order chi connectivity index (χ0) is 87.8. The first kappa shape index (κ1) is 78.5. The highest BCUT2D eigenvalue weighted by Crippen LogP contribution is 2.61. The van der Waals surface area contributed by atoms with E-state index in [9.17, 15) is 0 Å². The Morgan fingerprint density at radius 1 is 0.265 bits per heavy atom. The number of nitrogens with zero attached hydrogens (tertiary/aromatic N) is 10. The Hall–Kier alpha value is -17.0. The number of pyridine rings is 2. The third kappa shape index (κ3) is 13.3. The molecule has 0 bridgehead atoms. The van der Waals surface area contributed by atoms with Crippen LogP contribution in [0.1, 0.15) is 47.5 Å². The SMILES string of the molecule is CC1(C)c2ccccc2-c2c1n(-c1nc(-c3ccccc3)c3ccccc3n1)c1ccccc21.c1ccc(-c2ccc(-n3c4c(c5ccccc53)-c3ccc(-c5nc(-c6ccccc6)nc(-c6ccccc6)n5)cc3C4(c3ccccc3)c3ccccc3)cc2)cc1.c1ccc(-c2ccc3c(c2)c2c4ccccc4sc2n3-c2cc(-c3ccccn3)cc(-c3ccccn3)c2)cc1. The summed E-state index contributed by atoms with van der Waals surface area (Å²) >= 11 is 1.85. The summed E-state index contributed by atoms with van der Waals surface area (Å²) in [5, 5.41) is 7.38. The van der Waals surface area contributed by atoms with E-state index in [0.29, 0.717) is 17.5 Å². The van der Waals surface area contributed by atoms with E-state index in [1.807, 2.05) is 96.5 Å². The molecule has 132 heavy (non-hydrogen) atoms. The Labute approximate surface area is 767 Å². The average Bonchev–Trinajstić information content (AvgIpc) is 1.47. The minimum absolute atomic E-state index is 0.174. The molecule has 8 heterocycles. The lowest BCUT2D eigenvalue weighted by Gasteiger charge is -2.35. The van der Waals surface area contributed by atoms with E-state index < -0.39 is 5.41 Å². The van der Waals surface area contributed by atoms with E-state index in [2.05, 4.69) is 414 Å². The smallest absolute Gasteiger partial charge is 0.235 e. The van der Waals surface area contributed by atoms with Crippen LogP contribution >= 0.6 is 11.3 Å². The van der Waals surface area contributed by atoms with Crippen LogP contribution in [0.3, 0.4) is 0 Å². The van der Waals surface area contributed by atoms with E-state index in [1.54, 1.807) is 0 Å². The van der Waals surface area contributed by atoms with Crippen molar-refractivity contribution in [2.24, 2.45) is 0 Å². The molecule has 0 saturated carbocycles. The minimum Gasteiger partial charge on any atom is -0.311 e. The highest BCUT2D eigenvalue weighted by atomic mass is 32.1. The van der Waals surface area contributed by atoms with Crippen molar-refractivity contribution in [3.05, 3.63) is 495 Å². The van der Waals surface area contributed by atoms with E-state index in [4.69, 9.17) is 24.9 Å². The maximum Gasteiger partial charge on any atom is 0.235 e. The molecule has 24 aromatic rings. The topological polar surface area (TPSA) is 105 Å². The van der Waals surface area contributed by atoms with Crippen LogP contribution < -0.4 is 0 Å². The van der Waals surface area contributed by atoms with Gasteiger partial charge in [0, 0.05) is 116 Å². The number of rotatable bonds is 13. The lowest BCUT2D eigenvalue weighted by atomic mass is 9.69. The van der Waals surface area contributed by atoms with Gasteiger partial charge in [-0.2, -0.15) is 0 Å². The van der Waals surface area contributed by atoms with Crippen molar-refractivity contribution in [3.8, 4) is 130 Å². The molecule has 10 nitrogen and oxygen atoms in total. The highest BCUT2D eigenvalue weighted by molar-refractivity contribution is 7.25. The molecular formula is C121H82N10S. The molecule has 2 aliphatic rings. The second-order valence-electron chi connectivity index (χ2n) is 34.2. The zero-order valence-electron chi connectivity index (χ0n) is 72.3. The molecule has 26 rings (SSSR count). The van der Waals surface area contributed by atoms with Crippen LogP contribution in [0.15, 0.2) is 461 Å². The number of aromatic nitrogens is 10. The monoisotopic (exact) mass is 1710 g/mol. The molecular weight excluding hydrogens is 1630 g/mol. The minimum atomic E-state index is -0.697. The van der Waals surface area contributed by atoms with Crippen molar-refractivity contribution in [3.63, 3.8) is 0 Å². The van der Waals surface area contributed by atoms with Gasteiger partial charge >= 0.3 is 0 Å². The first-order valence-electron chi connectivity index (χ1n) is 44.7. The maximum atomic E-state index is 5.22. The Kier molecular flexibility index (Phi) is 19.4. The van der Waals surface area contributed by atoms with Crippen LogP contribution in [0.2, 0.25) is 0 Å². The quantitative estimate of drug-likeness (QED) is 0.113. The Bertz CT molecular complexity index is 8340. The van der Waals surface area contributed by atoms with E-state index in [1.165, 1.54) is 126 Å². The van der Waals surface area contributed by atoms with Gasteiger partial charge in [-0.3, -0.25) is 14.5 Å². The molecule has 0 fully saturated rings. The van der Waals surface area contributed by atoms with Crippen molar-refractivity contribution >= 4 is 75.3 Å². The second kappa shape index (κ2) is 32.7. The first-order chi connectivity index (χ1) is 65.2. The number of benzene rings is 16. The van der Waals surface area contributed by atoms with Crippen molar-refractivity contribution in [2.45, 2.75) is 24.7 Å². The van der Waals surface area contributed by atoms with Gasteiger partial charge in [-0.15, -0.1) is 11.3 Å². The third-order valence-electron chi connectivity index (χ3n) is 26.2. The van der Waals surface area contributed by atoms with Gasteiger partial charge < -0.3 is 9.13 Å². The number of para-hydroxylation sites is 3. The normalized spacial score (nSPS) is 12.6. The molecule has 0 spiro atoms. The summed E-state index contributed by atoms with van der Waals surface area (Å²) < 4.78 is 8.51. The van der Waals surface area contributed by atoms with Gasteiger partial charge in [0.15, 0.2) is 17.5 Å². The molecule has 0 saturated heterocycles. The molecule has 0 aliphatic heterocycles. The summed E-state index contributed by atoms with van der Waals surface area (Å²) in [7, 11) is 0. The molecule has 2 aliphatic carbocycles. The van der Waals surface area contributed by atoms with E-state index in [-0.39, 0.29) is 5.41 Å². The third-order valence-corrected chi connectivity index (χ3v) is 27.3. The summed E-state index contributed by atoms with van der Waals surface area (Å²) in [5.41, 5.74) is 31.9. The van der Waals surface area contributed by atoms with E-state index in [0.717, 1.165) is 84.2 Å². The van der Waals surface area contributed by atoms with Crippen LogP contribution in [0.5, 0.6) is 0 Å². The van der Waals surface area contributed by atoms with Crippen LogP contribution in [0.4, 0.5) is 0 Å². The summed E-state index contributed by atoms with van der Waals surface area (Å²) in [4.78, 5) is 36.3. The lowest BCUT2D eigenvalue weighted by molar-refractivity contribution is 0.618. The van der Waals surface area contributed by atoms with Gasteiger partial charge in [-0.1, -0.05) is 366 Å². The van der Waals surface area contributed by atoms with Crippen LogP contribution in [-0.2, 0) is 10.8 Å². The number of thiophene rings is 1. The molecule has 0 unspecified atom stereocenters. The summed E-state index contributed by atoms with van der Waals surface area (Å²) in [6.45, 7) is 4.62. The fraction of sp³-hybridized carbons (Fsp3) is 0.0331. The van der Waals surface area contributed by atoms with Gasteiger partial charge in [0.05, 0.1) is 50.3 Å². The molecule has 8 aromatic heterocycles. The molecule has 0 radical (unpaired) electrons. The number of hydrogen-bond donors (Lipinski definition) is 0. The summed E-state index contributed by atoms with van der Waals surface area (Å²) in [5.74, 6) is 2.63. The molecule has 622 valence electrons. The summed E-state index contributed by atoms with van der Waals surface area (Å²) in [6, 6.07) is 159. The fourth-order valence-electron chi connectivity index (χ4n) is 20.3. The Morgan fingerprint density at radius 2 is 0.712 bits per heavy atom. The van der Waals surface area contributed by atoms with Gasteiger partial charge in [0.25, 0.3) is 0 Å².